The third kappa shape index (κ3) is 3.66. The molecule has 8 nitrogen and oxygen atoms in total. The summed E-state index contributed by atoms with van der Waals surface area (Å²) in [6.45, 7) is 5.98. The number of halogens is 1. The number of benzene rings is 1. The minimum atomic E-state index is -0.551. The first-order chi connectivity index (χ1) is 12.5. The second-order valence-corrected chi connectivity index (χ2v) is 6.01. The Hall–Kier alpha value is -2.87. The molecule has 0 radical (unpaired) electrons. The molecule has 0 unspecified atom stereocenters. The number of aromatic amines is 4. The fourth-order valence-corrected chi connectivity index (χ4v) is 3.22. The van der Waals surface area contributed by atoms with Crippen LogP contribution in [0.3, 0.4) is 0 Å². The fraction of sp³-hybridized carbons (Fsp3) is 0.333. The quantitative estimate of drug-likeness (QED) is 0.513. The van der Waals surface area contributed by atoms with Gasteiger partial charge in [-0.15, -0.1) is 12.4 Å². The van der Waals surface area contributed by atoms with Gasteiger partial charge in [0.25, 0.3) is 11.1 Å². The SMILES string of the molecule is CCOc1ccc(C(c2c(C)[nH][nH]c2=O)c2c(C)[nH][nH]c2=O)cc1OC.Cl. The number of aryl methyl sites for hydroxylation is 2. The number of ether oxygens (including phenoxy) is 2. The van der Waals surface area contributed by atoms with E-state index in [1.807, 2.05) is 13.0 Å². The molecule has 4 N–H and O–H groups in total. The Morgan fingerprint density at radius 2 is 1.48 bits per heavy atom. The van der Waals surface area contributed by atoms with E-state index in [0.29, 0.717) is 40.6 Å². The summed E-state index contributed by atoms with van der Waals surface area (Å²) in [4.78, 5) is 24.9. The van der Waals surface area contributed by atoms with Gasteiger partial charge in [0.2, 0.25) is 0 Å². The summed E-state index contributed by atoms with van der Waals surface area (Å²) in [5.41, 5.74) is 2.56. The average Bonchev–Trinajstić information content (AvgIpc) is 3.13. The molecule has 3 rings (SSSR count). The molecule has 2 heterocycles. The number of hydrogen-bond donors (Lipinski definition) is 4. The van der Waals surface area contributed by atoms with Crippen LogP contribution in [0, 0.1) is 13.8 Å². The Bertz CT molecular complexity index is 976. The number of rotatable bonds is 6. The van der Waals surface area contributed by atoms with Crippen molar-refractivity contribution < 1.29 is 9.47 Å². The van der Waals surface area contributed by atoms with Crippen LogP contribution in [0.25, 0.3) is 0 Å². The van der Waals surface area contributed by atoms with Crippen molar-refractivity contribution in [2.45, 2.75) is 26.7 Å². The standard InChI is InChI=1S/C18H22N4O4.ClH/c1-5-26-12-7-6-11(8-13(12)25-4)16(14-9(2)19-21-17(14)23)15-10(3)20-22-18(15)24;/h6-8,16H,5H2,1-4H3,(H2,19,21,23)(H2,20,22,24);1H. The largest absolute Gasteiger partial charge is 0.493 e. The van der Waals surface area contributed by atoms with Crippen LogP contribution in [-0.2, 0) is 0 Å². The maximum Gasteiger partial charge on any atom is 0.268 e. The highest BCUT2D eigenvalue weighted by Gasteiger charge is 2.28. The molecule has 0 amide bonds. The number of methoxy groups -OCH3 is 1. The molecule has 0 saturated carbocycles. The first-order valence-corrected chi connectivity index (χ1v) is 8.32. The third-order valence-corrected chi connectivity index (χ3v) is 4.42. The average molecular weight is 395 g/mol. The molecule has 0 saturated heterocycles. The van der Waals surface area contributed by atoms with Crippen molar-refractivity contribution in [3.63, 3.8) is 0 Å². The first kappa shape index (κ1) is 20.4. The fourth-order valence-electron chi connectivity index (χ4n) is 3.22. The van der Waals surface area contributed by atoms with Gasteiger partial charge in [0.1, 0.15) is 0 Å². The van der Waals surface area contributed by atoms with Crippen molar-refractivity contribution in [3.05, 3.63) is 67.0 Å². The predicted molar refractivity (Wildman–Crippen MR) is 105 cm³/mol. The highest BCUT2D eigenvalue weighted by molar-refractivity contribution is 5.85. The van der Waals surface area contributed by atoms with Crippen LogP contribution >= 0.6 is 12.4 Å². The molecular formula is C18H23ClN4O4. The van der Waals surface area contributed by atoms with Crippen LogP contribution in [-0.4, -0.2) is 34.1 Å². The number of aromatic nitrogens is 4. The molecule has 27 heavy (non-hydrogen) atoms. The topological polar surface area (TPSA) is 116 Å². The van der Waals surface area contributed by atoms with Crippen molar-refractivity contribution >= 4 is 12.4 Å². The zero-order chi connectivity index (χ0) is 18.8. The van der Waals surface area contributed by atoms with Gasteiger partial charge < -0.3 is 19.7 Å². The lowest BCUT2D eigenvalue weighted by molar-refractivity contribution is 0.310. The van der Waals surface area contributed by atoms with Gasteiger partial charge in [0.05, 0.1) is 24.8 Å². The highest BCUT2D eigenvalue weighted by atomic mass is 35.5. The molecule has 2 aromatic heterocycles. The molecule has 0 aliphatic carbocycles. The molecule has 0 aliphatic heterocycles. The van der Waals surface area contributed by atoms with E-state index in [-0.39, 0.29) is 23.5 Å². The highest BCUT2D eigenvalue weighted by Crippen LogP contribution is 2.36. The van der Waals surface area contributed by atoms with Gasteiger partial charge in [-0.3, -0.25) is 19.8 Å². The smallest absolute Gasteiger partial charge is 0.268 e. The van der Waals surface area contributed by atoms with E-state index in [1.54, 1.807) is 33.1 Å². The van der Waals surface area contributed by atoms with Gasteiger partial charge in [-0.05, 0) is 38.5 Å². The summed E-state index contributed by atoms with van der Waals surface area (Å²) in [7, 11) is 1.55. The molecule has 3 aromatic rings. The maximum atomic E-state index is 12.4. The van der Waals surface area contributed by atoms with E-state index in [4.69, 9.17) is 9.47 Å². The lowest BCUT2D eigenvalue weighted by atomic mass is 9.85. The van der Waals surface area contributed by atoms with E-state index in [0.717, 1.165) is 5.56 Å². The van der Waals surface area contributed by atoms with Crippen molar-refractivity contribution in [2.75, 3.05) is 13.7 Å². The van der Waals surface area contributed by atoms with Crippen molar-refractivity contribution in [3.8, 4) is 11.5 Å². The number of H-pyrrole nitrogens is 4. The second-order valence-electron chi connectivity index (χ2n) is 6.01. The number of hydrogen-bond acceptors (Lipinski definition) is 4. The lowest BCUT2D eigenvalue weighted by Crippen LogP contribution is -2.20. The minimum absolute atomic E-state index is 0. The second kappa shape index (κ2) is 8.22. The number of nitrogens with one attached hydrogen (secondary N) is 4. The van der Waals surface area contributed by atoms with Crippen LogP contribution in [0.15, 0.2) is 27.8 Å². The lowest BCUT2D eigenvalue weighted by Gasteiger charge is -2.18. The van der Waals surface area contributed by atoms with Crippen LogP contribution in [0.2, 0.25) is 0 Å². The van der Waals surface area contributed by atoms with Crippen molar-refractivity contribution in [1.29, 1.82) is 0 Å². The van der Waals surface area contributed by atoms with E-state index >= 15 is 0 Å². The van der Waals surface area contributed by atoms with Crippen LogP contribution in [0.4, 0.5) is 0 Å². The van der Waals surface area contributed by atoms with Gasteiger partial charge in [-0.2, -0.15) is 0 Å². The monoisotopic (exact) mass is 394 g/mol. The van der Waals surface area contributed by atoms with Gasteiger partial charge in [-0.25, -0.2) is 0 Å². The minimum Gasteiger partial charge on any atom is -0.493 e. The van der Waals surface area contributed by atoms with E-state index in [1.165, 1.54) is 0 Å². The molecular weight excluding hydrogens is 372 g/mol. The maximum absolute atomic E-state index is 12.4. The van der Waals surface area contributed by atoms with Crippen LogP contribution in [0.1, 0.15) is 40.9 Å². The zero-order valence-corrected chi connectivity index (χ0v) is 16.4. The predicted octanol–water partition coefficient (Wildman–Crippen LogP) is 2.35. The molecule has 0 bridgehead atoms. The molecule has 1 aromatic carbocycles. The zero-order valence-electron chi connectivity index (χ0n) is 15.6. The van der Waals surface area contributed by atoms with E-state index in [2.05, 4.69) is 20.4 Å². The molecule has 9 heteroatoms. The van der Waals surface area contributed by atoms with Crippen LogP contribution < -0.4 is 20.6 Å². The first-order valence-electron chi connectivity index (χ1n) is 8.32. The Kier molecular flexibility index (Phi) is 6.22. The Balaban J connectivity index is 0.00000261. The third-order valence-electron chi connectivity index (χ3n) is 4.42. The van der Waals surface area contributed by atoms with Gasteiger partial charge in [-0.1, -0.05) is 6.07 Å². The Morgan fingerprint density at radius 1 is 0.926 bits per heavy atom. The Morgan fingerprint density at radius 3 is 1.89 bits per heavy atom. The van der Waals surface area contributed by atoms with Gasteiger partial charge >= 0.3 is 0 Å². The molecule has 146 valence electrons. The van der Waals surface area contributed by atoms with Gasteiger partial charge in [0, 0.05) is 17.3 Å². The van der Waals surface area contributed by atoms with Crippen molar-refractivity contribution in [1.82, 2.24) is 20.4 Å². The summed E-state index contributed by atoms with van der Waals surface area (Å²) < 4.78 is 11.0. The summed E-state index contributed by atoms with van der Waals surface area (Å²) in [5.74, 6) is 0.602. The van der Waals surface area contributed by atoms with Crippen molar-refractivity contribution in [2.24, 2.45) is 0 Å². The molecule has 0 atom stereocenters. The summed E-state index contributed by atoms with van der Waals surface area (Å²) in [5, 5.41) is 10.8. The molecule has 0 fully saturated rings. The summed E-state index contributed by atoms with van der Waals surface area (Å²) in [6.07, 6.45) is 0. The van der Waals surface area contributed by atoms with Gasteiger partial charge in [0.15, 0.2) is 11.5 Å². The summed E-state index contributed by atoms with van der Waals surface area (Å²) in [6, 6.07) is 5.43. The molecule has 0 spiro atoms. The Labute approximate surface area is 161 Å². The molecule has 0 aliphatic rings. The van der Waals surface area contributed by atoms with Crippen LogP contribution in [0.5, 0.6) is 11.5 Å². The summed E-state index contributed by atoms with van der Waals surface area (Å²) >= 11 is 0. The normalized spacial score (nSPS) is 10.7. The van der Waals surface area contributed by atoms with E-state index < -0.39 is 5.92 Å². The van der Waals surface area contributed by atoms with E-state index in [9.17, 15) is 9.59 Å².